The molecule has 2 heterocycles. The van der Waals surface area contributed by atoms with Crippen molar-refractivity contribution in [1.82, 2.24) is 9.97 Å². The number of ether oxygens (including phenoxy) is 1. The lowest BCUT2D eigenvalue weighted by molar-refractivity contribution is -0.116. The maximum Gasteiger partial charge on any atom is 0.226 e. The molecule has 132 valence electrons. The van der Waals surface area contributed by atoms with Gasteiger partial charge in [-0.25, -0.2) is 4.98 Å². The van der Waals surface area contributed by atoms with Crippen molar-refractivity contribution in [3.8, 4) is 5.75 Å². The zero-order chi connectivity index (χ0) is 17.9. The standard InChI is InChI=1S/C20H19N3O2S/c1-25-16-9-5-10-17-19(16)23-20(26-17)22-18(24)11-4-6-13-12-21-15-8-3-2-7-14(13)15/h2-3,5,7-10,12,21H,4,6,11H2,1H3,(H,22,23,24). The van der Waals surface area contributed by atoms with Crippen LogP contribution in [0.15, 0.2) is 48.7 Å². The minimum absolute atomic E-state index is 0.0112. The van der Waals surface area contributed by atoms with E-state index in [4.69, 9.17) is 4.74 Å². The summed E-state index contributed by atoms with van der Waals surface area (Å²) in [6.45, 7) is 0. The monoisotopic (exact) mass is 365 g/mol. The predicted octanol–water partition coefficient (Wildman–Crippen LogP) is 4.75. The third kappa shape index (κ3) is 3.28. The quantitative estimate of drug-likeness (QED) is 0.518. The van der Waals surface area contributed by atoms with Crippen LogP contribution in [0, 0.1) is 0 Å². The Balaban J connectivity index is 1.37. The summed E-state index contributed by atoms with van der Waals surface area (Å²) >= 11 is 1.46. The van der Waals surface area contributed by atoms with Gasteiger partial charge < -0.3 is 15.0 Å². The van der Waals surface area contributed by atoms with Crippen LogP contribution in [0.25, 0.3) is 21.1 Å². The molecule has 0 radical (unpaired) electrons. The molecule has 0 atom stereocenters. The summed E-state index contributed by atoms with van der Waals surface area (Å²) in [5, 5.41) is 4.75. The lowest BCUT2D eigenvalue weighted by Crippen LogP contribution is -2.11. The molecule has 0 saturated carbocycles. The van der Waals surface area contributed by atoms with Crippen molar-refractivity contribution in [3.05, 3.63) is 54.2 Å². The van der Waals surface area contributed by atoms with Crippen molar-refractivity contribution in [2.24, 2.45) is 0 Å². The Labute approximate surface area is 155 Å². The van der Waals surface area contributed by atoms with E-state index in [0.717, 1.165) is 34.3 Å². The number of methoxy groups -OCH3 is 1. The van der Waals surface area contributed by atoms with Gasteiger partial charge in [0.1, 0.15) is 11.3 Å². The van der Waals surface area contributed by atoms with Crippen molar-refractivity contribution in [3.63, 3.8) is 0 Å². The highest BCUT2D eigenvalue weighted by atomic mass is 32.1. The summed E-state index contributed by atoms with van der Waals surface area (Å²) in [6.07, 6.45) is 4.15. The van der Waals surface area contributed by atoms with E-state index in [1.165, 1.54) is 22.3 Å². The highest BCUT2D eigenvalue weighted by molar-refractivity contribution is 7.22. The van der Waals surface area contributed by atoms with E-state index in [9.17, 15) is 4.79 Å². The number of carbonyl (C=O) groups excluding carboxylic acids is 1. The van der Waals surface area contributed by atoms with Crippen LogP contribution in [0.1, 0.15) is 18.4 Å². The number of para-hydroxylation sites is 2. The third-order valence-corrected chi connectivity index (χ3v) is 5.31. The van der Waals surface area contributed by atoms with Crippen molar-refractivity contribution in [1.29, 1.82) is 0 Å². The molecule has 6 heteroatoms. The summed E-state index contributed by atoms with van der Waals surface area (Å²) in [5.74, 6) is 0.710. The molecular formula is C20H19N3O2S. The van der Waals surface area contributed by atoms with E-state index in [2.05, 4.69) is 27.4 Å². The fourth-order valence-corrected chi connectivity index (χ4v) is 4.00. The minimum Gasteiger partial charge on any atom is -0.494 e. The van der Waals surface area contributed by atoms with E-state index in [0.29, 0.717) is 11.6 Å². The number of thiazole rings is 1. The second kappa shape index (κ2) is 7.17. The predicted molar refractivity (Wildman–Crippen MR) is 106 cm³/mol. The second-order valence-corrected chi connectivity index (χ2v) is 7.12. The van der Waals surface area contributed by atoms with Crippen molar-refractivity contribution < 1.29 is 9.53 Å². The molecule has 0 aliphatic rings. The highest BCUT2D eigenvalue weighted by Gasteiger charge is 2.11. The van der Waals surface area contributed by atoms with Gasteiger partial charge in [-0.2, -0.15) is 0 Å². The lowest BCUT2D eigenvalue weighted by atomic mass is 10.1. The number of aryl methyl sites for hydroxylation is 1. The molecule has 2 aromatic carbocycles. The van der Waals surface area contributed by atoms with E-state index >= 15 is 0 Å². The molecule has 0 bridgehead atoms. The van der Waals surface area contributed by atoms with E-state index < -0.39 is 0 Å². The van der Waals surface area contributed by atoms with Gasteiger partial charge >= 0.3 is 0 Å². The number of carbonyl (C=O) groups is 1. The average molecular weight is 365 g/mol. The zero-order valence-electron chi connectivity index (χ0n) is 14.4. The van der Waals surface area contributed by atoms with Crippen LogP contribution in [0.3, 0.4) is 0 Å². The average Bonchev–Trinajstić information content (AvgIpc) is 3.25. The zero-order valence-corrected chi connectivity index (χ0v) is 15.2. The number of hydrogen-bond donors (Lipinski definition) is 2. The van der Waals surface area contributed by atoms with Crippen molar-refractivity contribution in [2.45, 2.75) is 19.3 Å². The van der Waals surface area contributed by atoms with Crippen molar-refractivity contribution in [2.75, 3.05) is 12.4 Å². The smallest absolute Gasteiger partial charge is 0.226 e. The Morgan fingerprint density at radius 2 is 2.12 bits per heavy atom. The number of nitrogens with one attached hydrogen (secondary N) is 2. The molecule has 1 amide bonds. The SMILES string of the molecule is COc1cccc2sc(NC(=O)CCCc3c[nH]c4ccccc34)nc12. The third-order valence-electron chi connectivity index (χ3n) is 4.37. The van der Waals surface area contributed by atoms with E-state index in [-0.39, 0.29) is 5.91 Å². The topological polar surface area (TPSA) is 67.0 Å². The minimum atomic E-state index is -0.0112. The molecule has 4 rings (SSSR count). The molecule has 26 heavy (non-hydrogen) atoms. The van der Waals surface area contributed by atoms with E-state index in [1.54, 1.807) is 7.11 Å². The number of aromatic amines is 1. The first kappa shape index (κ1) is 16.6. The molecular weight excluding hydrogens is 346 g/mol. The molecule has 0 aliphatic heterocycles. The summed E-state index contributed by atoms with van der Waals surface area (Å²) in [7, 11) is 1.62. The Kier molecular flexibility index (Phi) is 4.58. The van der Waals surface area contributed by atoms with Crippen LogP contribution in [-0.2, 0) is 11.2 Å². The first-order chi connectivity index (χ1) is 12.7. The lowest BCUT2D eigenvalue weighted by Gasteiger charge is -2.02. The molecule has 0 unspecified atom stereocenters. The number of H-pyrrole nitrogens is 1. The van der Waals surface area contributed by atoms with Crippen LogP contribution in [-0.4, -0.2) is 23.0 Å². The Morgan fingerprint density at radius 1 is 1.23 bits per heavy atom. The fraction of sp³-hybridized carbons (Fsp3) is 0.200. The molecule has 0 saturated heterocycles. The fourth-order valence-electron chi connectivity index (χ4n) is 3.10. The van der Waals surface area contributed by atoms with Gasteiger partial charge in [-0.3, -0.25) is 4.79 Å². The Bertz CT molecular complexity index is 1070. The van der Waals surface area contributed by atoms with Gasteiger partial charge in [-0.05, 0) is 36.6 Å². The maximum atomic E-state index is 12.3. The number of nitrogens with zero attached hydrogens (tertiary/aromatic N) is 1. The van der Waals surface area contributed by atoms with Crippen molar-refractivity contribution >= 4 is 43.5 Å². The number of anilines is 1. The van der Waals surface area contributed by atoms with Gasteiger partial charge in [0, 0.05) is 23.5 Å². The number of rotatable bonds is 6. The molecule has 0 fully saturated rings. The first-order valence-electron chi connectivity index (χ1n) is 8.53. The van der Waals surface area contributed by atoms with Crippen LogP contribution in [0.4, 0.5) is 5.13 Å². The van der Waals surface area contributed by atoms with Gasteiger partial charge in [0.2, 0.25) is 5.91 Å². The number of amides is 1. The molecule has 0 aliphatic carbocycles. The molecule has 0 spiro atoms. The summed E-state index contributed by atoms with van der Waals surface area (Å²) in [5.41, 5.74) is 3.17. The molecule has 4 aromatic rings. The second-order valence-electron chi connectivity index (χ2n) is 6.09. The van der Waals surface area contributed by atoms with Gasteiger partial charge in [0.15, 0.2) is 5.13 Å². The molecule has 2 aromatic heterocycles. The number of benzene rings is 2. The van der Waals surface area contributed by atoms with Gasteiger partial charge in [-0.15, -0.1) is 0 Å². The van der Waals surface area contributed by atoms with E-state index in [1.807, 2.05) is 36.5 Å². The van der Waals surface area contributed by atoms with Crippen LogP contribution in [0.2, 0.25) is 0 Å². The van der Waals surface area contributed by atoms with Gasteiger partial charge in [-0.1, -0.05) is 35.6 Å². The van der Waals surface area contributed by atoms with Gasteiger partial charge in [0.25, 0.3) is 0 Å². The van der Waals surface area contributed by atoms with Crippen LogP contribution < -0.4 is 10.1 Å². The Morgan fingerprint density at radius 3 is 3.00 bits per heavy atom. The highest BCUT2D eigenvalue weighted by Crippen LogP contribution is 2.32. The van der Waals surface area contributed by atoms with Gasteiger partial charge in [0.05, 0.1) is 11.8 Å². The molecule has 2 N–H and O–H groups in total. The van der Waals surface area contributed by atoms with Crippen LogP contribution >= 0.6 is 11.3 Å². The number of fused-ring (bicyclic) bond motifs is 2. The van der Waals surface area contributed by atoms with Crippen LogP contribution in [0.5, 0.6) is 5.75 Å². The largest absolute Gasteiger partial charge is 0.494 e. The number of aromatic nitrogens is 2. The normalized spacial score (nSPS) is 11.1. The maximum absolute atomic E-state index is 12.3. The molecule has 5 nitrogen and oxygen atoms in total. The first-order valence-corrected chi connectivity index (χ1v) is 9.34. The summed E-state index contributed by atoms with van der Waals surface area (Å²) in [4.78, 5) is 20.0. The number of hydrogen-bond acceptors (Lipinski definition) is 4. The summed E-state index contributed by atoms with van der Waals surface area (Å²) in [6, 6.07) is 14.0. The Hall–Kier alpha value is -2.86. The summed E-state index contributed by atoms with van der Waals surface area (Å²) < 4.78 is 6.31.